The maximum atomic E-state index is 5.63. The quantitative estimate of drug-likeness (QED) is 0.805. The molecular formula is C11H14N2O. The van der Waals surface area contributed by atoms with E-state index in [9.17, 15) is 0 Å². The van der Waals surface area contributed by atoms with Crippen molar-refractivity contribution in [2.75, 3.05) is 6.54 Å². The van der Waals surface area contributed by atoms with Crippen LogP contribution in [0.2, 0.25) is 0 Å². The van der Waals surface area contributed by atoms with Crippen LogP contribution in [0.4, 0.5) is 0 Å². The number of fused-ring (bicyclic) bond motifs is 1. The second kappa shape index (κ2) is 3.80. The number of nitrogens with zero attached hydrogens (tertiary/aromatic N) is 1. The summed E-state index contributed by atoms with van der Waals surface area (Å²) in [6.45, 7) is 2.71. The van der Waals surface area contributed by atoms with Crippen LogP contribution in [-0.4, -0.2) is 11.5 Å². The van der Waals surface area contributed by atoms with Gasteiger partial charge < -0.3 is 10.2 Å². The molecular weight excluding hydrogens is 176 g/mol. The van der Waals surface area contributed by atoms with Crippen LogP contribution in [0.15, 0.2) is 22.6 Å². The minimum absolute atomic E-state index is 0.678. The molecule has 0 saturated carbocycles. The third-order valence-electron chi connectivity index (χ3n) is 2.25. The monoisotopic (exact) mass is 190 g/mol. The molecule has 0 unspecified atom stereocenters. The molecule has 1 aromatic heterocycles. The van der Waals surface area contributed by atoms with E-state index in [1.54, 1.807) is 0 Å². The summed E-state index contributed by atoms with van der Waals surface area (Å²) in [5.41, 5.74) is 8.41. The van der Waals surface area contributed by atoms with Gasteiger partial charge in [0.2, 0.25) is 0 Å². The summed E-state index contributed by atoms with van der Waals surface area (Å²) in [4.78, 5) is 4.39. The second-order valence-electron chi connectivity index (χ2n) is 3.42. The van der Waals surface area contributed by atoms with E-state index in [1.165, 1.54) is 0 Å². The lowest BCUT2D eigenvalue weighted by molar-refractivity contribution is 0.520. The number of benzene rings is 1. The molecule has 0 saturated heterocycles. The molecule has 0 aliphatic rings. The fourth-order valence-corrected chi connectivity index (χ4v) is 1.49. The van der Waals surface area contributed by atoms with Gasteiger partial charge in [-0.25, -0.2) is 4.98 Å². The van der Waals surface area contributed by atoms with Gasteiger partial charge in [0, 0.05) is 6.42 Å². The van der Waals surface area contributed by atoms with Crippen LogP contribution in [0, 0.1) is 6.92 Å². The van der Waals surface area contributed by atoms with Crippen molar-refractivity contribution in [2.24, 2.45) is 5.73 Å². The Hall–Kier alpha value is -1.35. The fraction of sp³-hybridized carbons (Fsp3) is 0.364. The van der Waals surface area contributed by atoms with E-state index in [0.717, 1.165) is 35.4 Å². The maximum Gasteiger partial charge on any atom is 0.195 e. The van der Waals surface area contributed by atoms with Crippen LogP contribution in [0.5, 0.6) is 0 Å². The third-order valence-corrected chi connectivity index (χ3v) is 2.25. The Morgan fingerprint density at radius 3 is 3.00 bits per heavy atom. The molecule has 3 heteroatoms. The highest BCUT2D eigenvalue weighted by Crippen LogP contribution is 2.19. The SMILES string of the molecule is Cc1cccc2nc(CCCN)oc12. The highest BCUT2D eigenvalue weighted by molar-refractivity contribution is 5.75. The molecule has 0 aliphatic heterocycles. The first-order valence-electron chi connectivity index (χ1n) is 4.86. The van der Waals surface area contributed by atoms with Gasteiger partial charge in [-0.2, -0.15) is 0 Å². The van der Waals surface area contributed by atoms with Crippen LogP contribution in [-0.2, 0) is 6.42 Å². The molecule has 0 radical (unpaired) electrons. The minimum atomic E-state index is 0.678. The Bertz CT molecular complexity index is 434. The predicted octanol–water partition coefficient (Wildman–Crippen LogP) is 2.03. The molecule has 0 spiro atoms. The minimum Gasteiger partial charge on any atom is -0.440 e. The molecule has 2 aromatic rings. The topological polar surface area (TPSA) is 52.0 Å². The first-order valence-corrected chi connectivity index (χ1v) is 4.86. The molecule has 74 valence electrons. The molecule has 2 N–H and O–H groups in total. The Labute approximate surface area is 82.9 Å². The summed E-state index contributed by atoms with van der Waals surface area (Å²) in [6.07, 6.45) is 1.75. The Balaban J connectivity index is 2.36. The van der Waals surface area contributed by atoms with E-state index >= 15 is 0 Å². The summed E-state index contributed by atoms with van der Waals surface area (Å²) < 4.78 is 5.63. The average Bonchev–Trinajstić information content (AvgIpc) is 2.59. The molecule has 14 heavy (non-hydrogen) atoms. The summed E-state index contributed by atoms with van der Waals surface area (Å²) >= 11 is 0. The van der Waals surface area contributed by atoms with Crippen molar-refractivity contribution in [3.8, 4) is 0 Å². The fourth-order valence-electron chi connectivity index (χ4n) is 1.49. The molecule has 1 heterocycles. The zero-order valence-electron chi connectivity index (χ0n) is 8.29. The molecule has 0 bridgehead atoms. The Kier molecular flexibility index (Phi) is 2.50. The predicted molar refractivity (Wildman–Crippen MR) is 56.1 cm³/mol. The number of rotatable bonds is 3. The van der Waals surface area contributed by atoms with Gasteiger partial charge >= 0.3 is 0 Å². The van der Waals surface area contributed by atoms with Crippen LogP contribution in [0.3, 0.4) is 0 Å². The van der Waals surface area contributed by atoms with Crippen LogP contribution in [0.25, 0.3) is 11.1 Å². The van der Waals surface area contributed by atoms with Gasteiger partial charge in [0.15, 0.2) is 11.5 Å². The van der Waals surface area contributed by atoms with Crippen molar-refractivity contribution in [1.29, 1.82) is 0 Å². The zero-order valence-corrected chi connectivity index (χ0v) is 8.29. The van der Waals surface area contributed by atoms with Gasteiger partial charge in [-0.3, -0.25) is 0 Å². The van der Waals surface area contributed by atoms with Crippen molar-refractivity contribution in [1.82, 2.24) is 4.98 Å². The lowest BCUT2D eigenvalue weighted by Gasteiger charge is -1.91. The highest BCUT2D eigenvalue weighted by Gasteiger charge is 2.06. The van der Waals surface area contributed by atoms with E-state index in [-0.39, 0.29) is 0 Å². The van der Waals surface area contributed by atoms with Crippen molar-refractivity contribution < 1.29 is 4.42 Å². The summed E-state index contributed by atoms with van der Waals surface area (Å²) in [7, 11) is 0. The first kappa shape index (κ1) is 9.21. The van der Waals surface area contributed by atoms with Crippen LogP contribution >= 0.6 is 0 Å². The van der Waals surface area contributed by atoms with Gasteiger partial charge in [-0.05, 0) is 31.5 Å². The van der Waals surface area contributed by atoms with Gasteiger partial charge in [0.25, 0.3) is 0 Å². The number of aromatic nitrogens is 1. The van der Waals surface area contributed by atoms with E-state index in [1.807, 2.05) is 25.1 Å². The summed E-state index contributed by atoms with van der Waals surface area (Å²) in [6, 6.07) is 5.99. The summed E-state index contributed by atoms with van der Waals surface area (Å²) in [5.74, 6) is 0.791. The van der Waals surface area contributed by atoms with Crippen LogP contribution in [0.1, 0.15) is 17.9 Å². The number of hydrogen-bond acceptors (Lipinski definition) is 3. The van der Waals surface area contributed by atoms with E-state index < -0.39 is 0 Å². The lowest BCUT2D eigenvalue weighted by Crippen LogP contribution is -2.00. The molecule has 0 atom stereocenters. The third kappa shape index (κ3) is 1.63. The number of aryl methyl sites for hydroxylation is 2. The highest BCUT2D eigenvalue weighted by atomic mass is 16.3. The maximum absolute atomic E-state index is 5.63. The molecule has 2 rings (SSSR count). The number of oxazole rings is 1. The first-order chi connectivity index (χ1) is 6.81. The smallest absolute Gasteiger partial charge is 0.195 e. The molecule has 0 aliphatic carbocycles. The van der Waals surface area contributed by atoms with Crippen molar-refractivity contribution in [3.05, 3.63) is 29.7 Å². The number of para-hydroxylation sites is 1. The van der Waals surface area contributed by atoms with E-state index in [0.29, 0.717) is 6.54 Å². The van der Waals surface area contributed by atoms with Crippen molar-refractivity contribution >= 4 is 11.1 Å². The number of hydrogen-bond donors (Lipinski definition) is 1. The standard InChI is InChI=1S/C11H14N2O/c1-8-4-2-5-9-11(8)14-10(13-9)6-3-7-12/h2,4-5H,3,6-7,12H2,1H3. The van der Waals surface area contributed by atoms with Gasteiger partial charge in [-0.15, -0.1) is 0 Å². The van der Waals surface area contributed by atoms with Gasteiger partial charge in [0.05, 0.1) is 0 Å². The van der Waals surface area contributed by atoms with E-state index in [4.69, 9.17) is 10.2 Å². The van der Waals surface area contributed by atoms with Gasteiger partial charge in [-0.1, -0.05) is 12.1 Å². The van der Waals surface area contributed by atoms with Crippen molar-refractivity contribution in [3.63, 3.8) is 0 Å². The molecule has 0 amide bonds. The number of nitrogens with two attached hydrogens (primary N) is 1. The molecule has 0 fully saturated rings. The molecule has 3 nitrogen and oxygen atoms in total. The van der Waals surface area contributed by atoms with Crippen LogP contribution < -0.4 is 5.73 Å². The Morgan fingerprint density at radius 1 is 1.43 bits per heavy atom. The van der Waals surface area contributed by atoms with Crippen molar-refractivity contribution in [2.45, 2.75) is 19.8 Å². The largest absolute Gasteiger partial charge is 0.440 e. The molecule has 1 aromatic carbocycles. The van der Waals surface area contributed by atoms with E-state index in [2.05, 4.69) is 4.98 Å². The lowest BCUT2D eigenvalue weighted by atomic mass is 10.2. The second-order valence-corrected chi connectivity index (χ2v) is 3.42. The Morgan fingerprint density at radius 2 is 2.29 bits per heavy atom. The summed E-state index contributed by atoms with van der Waals surface area (Å²) in [5, 5.41) is 0. The zero-order chi connectivity index (χ0) is 9.97. The normalized spacial score (nSPS) is 11.0. The van der Waals surface area contributed by atoms with Gasteiger partial charge in [0.1, 0.15) is 5.52 Å². The average molecular weight is 190 g/mol.